The number of carbonyl (C=O) groups excluding carboxylic acids is 1. The van der Waals surface area contributed by atoms with Crippen LogP contribution in [0.3, 0.4) is 0 Å². The van der Waals surface area contributed by atoms with E-state index < -0.39 is 6.10 Å². The fourth-order valence-corrected chi connectivity index (χ4v) is 3.31. The smallest absolute Gasteiger partial charge is 0.237 e. The lowest BCUT2D eigenvalue weighted by Crippen LogP contribution is -2.59. The Balaban J connectivity index is 2.14. The largest absolute Gasteiger partial charge is 0.391 e. The summed E-state index contributed by atoms with van der Waals surface area (Å²) in [4.78, 5) is 12.3. The highest BCUT2D eigenvalue weighted by molar-refractivity contribution is 5.77. The number of methoxy groups -OCH3 is 1. The van der Waals surface area contributed by atoms with E-state index in [1.165, 1.54) is 0 Å². The van der Waals surface area contributed by atoms with Crippen molar-refractivity contribution in [2.24, 2.45) is 0 Å². The van der Waals surface area contributed by atoms with Gasteiger partial charge in [0.15, 0.2) is 0 Å². The van der Waals surface area contributed by atoms with E-state index in [4.69, 9.17) is 4.74 Å². The van der Waals surface area contributed by atoms with E-state index in [2.05, 4.69) is 5.01 Å². The first-order valence-corrected chi connectivity index (χ1v) is 7.44. The van der Waals surface area contributed by atoms with Crippen LogP contribution in [0.5, 0.6) is 0 Å². The number of hydrazine groups is 1. The Bertz CT molecular complexity index is 311. The third-order valence-corrected chi connectivity index (χ3v) is 4.30. The van der Waals surface area contributed by atoms with Crippen molar-refractivity contribution in [1.29, 1.82) is 0 Å². The molecule has 0 aromatic carbocycles. The Morgan fingerprint density at radius 1 is 1.42 bits per heavy atom. The van der Waals surface area contributed by atoms with Crippen LogP contribution in [0.1, 0.15) is 45.4 Å². The van der Waals surface area contributed by atoms with Crippen molar-refractivity contribution >= 4 is 5.91 Å². The molecule has 2 heterocycles. The zero-order chi connectivity index (χ0) is 13.8. The summed E-state index contributed by atoms with van der Waals surface area (Å²) in [5, 5.41) is 14.2. The number of nitrogens with zero attached hydrogens (tertiary/aromatic N) is 2. The van der Waals surface area contributed by atoms with Gasteiger partial charge in [0.25, 0.3) is 0 Å². The monoisotopic (exact) mass is 270 g/mol. The summed E-state index contributed by atoms with van der Waals surface area (Å²) in [6, 6.07) is 0.224. The number of ether oxygens (including phenoxy) is 1. The molecule has 0 aromatic heterocycles. The maximum Gasteiger partial charge on any atom is 0.237 e. The van der Waals surface area contributed by atoms with Crippen LogP contribution in [0, 0.1) is 0 Å². The molecule has 5 nitrogen and oxygen atoms in total. The van der Waals surface area contributed by atoms with Crippen LogP contribution in [-0.4, -0.2) is 59.5 Å². The Labute approximate surface area is 115 Å². The zero-order valence-electron chi connectivity index (χ0n) is 12.0. The zero-order valence-corrected chi connectivity index (χ0v) is 12.0. The van der Waals surface area contributed by atoms with Gasteiger partial charge in [0.05, 0.1) is 24.8 Å². The van der Waals surface area contributed by atoms with Gasteiger partial charge < -0.3 is 9.84 Å². The molecular formula is C14H26N2O3. The first kappa shape index (κ1) is 14.8. The number of piperidine rings is 1. The van der Waals surface area contributed by atoms with Crippen molar-refractivity contribution in [3.63, 3.8) is 0 Å². The first-order valence-electron chi connectivity index (χ1n) is 7.44. The SMILES string of the molecule is CC[C@@H](O)[C@H]1CCCC(=O)N1N1CCC[C@H]1COC. The average molecular weight is 270 g/mol. The van der Waals surface area contributed by atoms with Gasteiger partial charge >= 0.3 is 0 Å². The maximum absolute atomic E-state index is 12.3. The molecule has 0 bridgehead atoms. The molecule has 2 aliphatic rings. The van der Waals surface area contributed by atoms with Gasteiger partial charge in [-0.15, -0.1) is 0 Å². The molecule has 2 aliphatic heterocycles. The molecule has 0 spiro atoms. The minimum absolute atomic E-state index is 0.0521. The van der Waals surface area contributed by atoms with Gasteiger partial charge in [0, 0.05) is 20.1 Å². The van der Waals surface area contributed by atoms with Gasteiger partial charge in [0.1, 0.15) is 0 Å². The molecule has 1 N–H and O–H groups in total. The number of carbonyl (C=O) groups is 1. The van der Waals surface area contributed by atoms with Crippen molar-refractivity contribution in [2.75, 3.05) is 20.3 Å². The number of amides is 1. The normalized spacial score (nSPS) is 30.9. The van der Waals surface area contributed by atoms with E-state index >= 15 is 0 Å². The average Bonchev–Trinajstić information content (AvgIpc) is 2.86. The Kier molecular flexibility index (Phi) is 5.19. The van der Waals surface area contributed by atoms with E-state index in [1.807, 2.05) is 11.9 Å². The molecule has 19 heavy (non-hydrogen) atoms. The molecule has 0 unspecified atom stereocenters. The lowest BCUT2D eigenvalue weighted by Gasteiger charge is -2.45. The summed E-state index contributed by atoms with van der Waals surface area (Å²) in [5.74, 6) is 0.159. The number of aliphatic hydroxyl groups excluding tert-OH is 1. The van der Waals surface area contributed by atoms with E-state index in [9.17, 15) is 9.90 Å². The molecule has 5 heteroatoms. The van der Waals surface area contributed by atoms with E-state index in [0.29, 0.717) is 19.4 Å². The Morgan fingerprint density at radius 2 is 2.21 bits per heavy atom. The fourth-order valence-electron chi connectivity index (χ4n) is 3.31. The standard InChI is InChI=1S/C14H26N2O3/c1-3-13(17)12-7-4-8-14(18)16(12)15-9-5-6-11(15)10-19-2/h11-13,17H,3-10H2,1-2H3/t11-,12+,13+/m0/s1. The van der Waals surface area contributed by atoms with E-state index in [0.717, 1.165) is 32.2 Å². The molecule has 2 rings (SSSR count). The highest BCUT2D eigenvalue weighted by atomic mass is 16.5. The second-order valence-electron chi connectivity index (χ2n) is 5.59. The van der Waals surface area contributed by atoms with Gasteiger partial charge in [-0.05, 0) is 32.1 Å². The molecule has 0 aliphatic carbocycles. The maximum atomic E-state index is 12.3. The predicted molar refractivity (Wildman–Crippen MR) is 72.4 cm³/mol. The molecular weight excluding hydrogens is 244 g/mol. The van der Waals surface area contributed by atoms with Crippen LogP contribution in [0.2, 0.25) is 0 Å². The molecule has 2 fully saturated rings. The van der Waals surface area contributed by atoms with Crippen LogP contribution >= 0.6 is 0 Å². The minimum Gasteiger partial charge on any atom is -0.391 e. The van der Waals surface area contributed by atoms with Crippen LogP contribution in [-0.2, 0) is 9.53 Å². The van der Waals surface area contributed by atoms with Gasteiger partial charge in [-0.3, -0.25) is 9.80 Å². The quantitative estimate of drug-likeness (QED) is 0.814. The summed E-state index contributed by atoms with van der Waals surface area (Å²) in [7, 11) is 1.70. The number of rotatable bonds is 5. The van der Waals surface area contributed by atoms with E-state index in [1.54, 1.807) is 7.11 Å². The Hall–Kier alpha value is -0.650. The summed E-state index contributed by atoms with van der Waals surface area (Å²) in [5.41, 5.74) is 0. The first-order chi connectivity index (χ1) is 9.19. The van der Waals surface area contributed by atoms with Crippen LogP contribution in [0.25, 0.3) is 0 Å². The molecule has 0 saturated carbocycles. The highest BCUT2D eigenvalue weighted by Gasteiger charge is 2.40. The molecule has 0 radical (unpaired) electrons. The van der Waals surface area contributed by atoms with Crippen LogP contribution in [0.4, 0.5) is 0 Å². The highest BCUT2D eigenvalue weighted by Crippen LogP contribution is 2.29. The fraction of sp³-hybridized carbons (Fsp3) is 0.929. The molecule has 3 atom stereocenters. The number of hydrogen-bond donors (Lipinski definition) is 1. The molecule has 1 amide bonds. The Morgan fingerprint density at radius 3 is 2.89 bits per heavy atom. The lowest BCUT2D eigenvalue weighted by molar-refractivity contribution is -0.173. The third kappa shape index (κ3) is 3.09. The van der Waals surface area contributed by atoms with Crippen molar-refractivity contribution in [1.82, 2.24) is 10.0 Å². The van der Waals surface area contributed by atoms with Crippen molar-refractivity contribution in [2.45, 2.75) is 63.6 Å². The lowest BCUT2D eigenvalue weighted by atomic mass is 9.97. The minimum atomic E-state index is -0.423. The summed E-state index contributed by atoms with van der Waals surface area (Å²) >= 11 is 0. The van der Waals surface area contributed by atoms with Gasteiger partial charge in [-0.25, -0.2) is 5.01 Å². The third-order valence-electron chi connectivity index (χ3n) is 4.30. The summed E-state index contributed by atoms with van der Waals surface area (Å²) in [6.45, 7) is 3.52. The van der Waals surface area contributed by atoms with Gasteiger partial charge in [0.2, 0.25) is 5.91 Å². The van der Waals surface area contributed by atoms with Crippen LogP contribution in [0.15, 0.2) is 0 Å². The number of aliphatic hydroxyl groups is 1. The second-order valence-corrected chi connectivity index (χ2v) is 5.59. The van der Waals surface area contributed by atoms with Crippen molar-refractivity contribution < 1.29 is 14.6 Å². The molecule has 2 saturated heterocycles. The predicted octanol–water partition coefficient (Wildman–Crippen LogP) is 1.16. The topological polar surface area (TPSA) is 53.0 Å². The van der Waals surface area contributed by atoms with E-state index in [-0.39, 0.29) is 18.0 Å². The summed E-state index contributed by atoms with van der Waals surface area (Å²) in [6.07, 6.45) is 4.81. The number of hydrogen-bond acceptors (Lipinski definition) is 4. The van der Waals surface area contributed by atoms with Gasteiger partial charge in [-0.2, -0.15) is 0 Å². The van der Waals surface area contributed by atoms with Crippen molar-refractivity contribution in [3.8, 4) is 0 Å². The van der Waals surface area contributed by atoms with Crippen molar-refractivity contribution in [3.05, 3.63) is 0 Å². The molecule has 0 aromatic rings. The molecule has 110 valence electrons. The van der Waals surface area contributed by atoms with Gasteiger partial charge in [-0.1, -0.05) is 6.92 Å². The summed E-state index contributed by atoms with van der Waals surface area (Å²) < 4.78 is 5.26. The van der Waals surface area contributed by atoms with Crippen LogP contribution < -0.4 is 0 Å². The second kappa shape index (κ2) is 6.68.